The number of rotatable bonds is 4. The van der Waals surface area contributed by atoms with E-state index in [4.69, 9.17) is 5.73 Å². The van der Waals surface area contributed by atoms with Crippen LogP contribution in [0, 0.1) is 0 Å². The molecule has 3 N–H and O–H groups in total. The lowest BCUT2D eigenvalue weighted by Gasteiger charge is -2.28. The Kier molecular flexibility index (Phi) is 4.68. The molecular formula is C12H22N6S. The molecule has 0 unspecified atom stereocenters. The Balaban J connectivity index is 1.99. The second-order valence-corrected chi connectivity index (χ2v) is 6.20. The summed E-state index contributed by atoms with van der Waals surface area (Å²) in [5, 5.41) is 4.19. The summed E-state index contributed by atoms with van der Waals surface area (Å²) in [4.78, 5) is 14.5. The van der Waals surface area contributed by atoms with Gasteiger partial charge in [-0.3, -0.25) is 0 Å². The zero-order chi connectivity index (χ0) is 13.8. The molecule has 0 radical (unpaired) electrons. The predicted octanol–water partition coefficient (Wildman–Crippen LogP) is 1.61. The molecule has 106 valence electrons. The fourth-order valence-corrected chi connectivity index (χ4v) is 3.01. The molecule has 1 aliphatic rings. The minimum absolute atomic E-state index is 0.263. The zero-order valence-corrected chi connectivity index (χ0v) is 12.6. The maximum atomic E-state index is 5.71. The van der Waals surface area contributed by atoms with E-state index in [1.807, 2.05) is 30.8 Å². The van der Waals surface area contributed by atoms with Gasteiger partial charge in [0.05, 0.1) is 0 Å². The van der Waals surface area contributed by atoms with Crippen LogP contribution in [-0.4, -0.2) is 46.6 Å². The van der Waals surface area contributed by atoms with Gasteiger partial charge >= 0.3 is 0 Å². The van der Waals surface area contributed by atoms with Crippen LogP contribution in [-0.2, 0) is 0 Å². The van der Waals surface area contributed by atoms with Crippen molar-refractivity contribution in [2.24, 2.45) is 0 Å². The summed E-state index contributed by atoms with van der Waals surface area (Å²) in [6, 6.07) is 0.445. The van der Waals surface area contributed by atoms with Gasteiger partial charge in [-0.2, -0.15) is 26.7 Å². The van der Waals surface area contributed by atoms with Crippen LogP contribution >= 0.6 is 11.8 Å². The van der Waals surface area contributed by atoms with Crippen LogP contribution < -0.4 is 16.0 Å². The Bertz CT molecular complexity index is 417. The van der Waals surface area contributed by atoms with Gasteiger partial charge in [0.2, 0.25) is 17.8 Å². The Morgan fingerprint density at radius 2 is 1.84 bits per heavy atom. The molecule has 1 aromatic rings. The number of aromatic nitrogens is 3. The summed E-state index contributed by atoms with van der Waals surface area (Å²) in [5.41, 5.74) is 5.71. The normalized spacial score (nSPS) is 23.1. The van der Waals surface area contributed by atoms with Gasteiger partial charge in [-0.25, -0.2) is 0 Å². The van der Waals surface area contributed by atoms with Crippen molar-refractivity contribution in [2.75, 3.05) is 36.3 Å². The SMILES string of the molecule is CSC1CCC(Nc2nc(N)nc(N(C)C)n2)CC1. The monoisotopic (exact) mass is 282 g/mol. The van der Waals surface area contributed by atoms with E-state index in [9.17, 15) is 0 Å². The van der Waals surface area contributed by atoms with Crippen LogP contribution in [0.25, 0.3) is 0 Å². The molecule has 19 heavy (non-hydrogen) atoms. The first kappa shape index (κ1) is 14.2. The molecule has 0 bridgehead atoms. The third-order valence-corrected chi connectivity index (χ3v) is 4.52. The average molecular weight is 282 g/mol. The number of thioether (sulfide) groups is 1. The highest BCUT2D eigenvalue weighted by Gasteiger charge is 2.21. The van der Waals surface area contributed by atoms with Crippen LogP contribution in [0.2, 0.25) is 0 Å². The number of nitrogen functional groups attached to an aromatic ring is 1. The lowest BCUT2D eigenvalue weighted by molar-refractivity contribution is 0.471. The predicted molar refractivity (Wildman–Crippen MR) is 81.7 cm³/mol. The second-order valence-electron chi connectivity index (χ2n) is 5.07. The van der Waals surface area contributed by atoms with Crippen molar-refractivity contribution in [2.45, 2.75) is 37.0 Å². The summed E-state index contributed by atoms with van der Waals surface area (Å²) in [5.74, 6) is 1.44. The Labute approximate surface area is 118 Å². The average Bonchev–Trinajstić information content (AvgIpc) is 2.39. The number of nitrogens with zero attached hydrogens (tertiary/aromatic N) is 4. The van der Waals surface area contributed by atoms with Gasteiger partial charge in [0.15, 0.2) is 0 Å². The lowest BCUT2D eigenvalue weighted by atomic mass is 9.95. The molecule has 2 rings (SSSR count). The van der Waals surface area contributed by atoms with E-state index < -0.39 is 0 Å². The highest BCUT2D eigenvalue weighted by molar-refractivity contribution is 7.99. The molecule has 0 aromatic carbocycles. The lowest BCUT2D eigenvalue weighted by Crippen LogP contribution is -2.28. The largest absolute Gasteiger partial charge is 0.368 e. The standard InChI is InChI=1S/C12H22N6S/c1-18(2)12-16-10(13)15-11(17-12)14-8-4-6-9(19-3)7-5-8/h8-9H,4-7H2,1-3H3,(H3,13,14,15,16,17). The van der Waals surface area contributed by atoms with Crippen molar-refractivity contribution in [3.8, 4) is 0 Å². The maximum Gasteiger partial charge on any atom is 0.231 e. The Morgan fingerprint density at radius 1 is 1.16 bits per heavy atom. The van der Waals surface area contributed by atoms with Gasteiger partial charge in [0.25, 0.3) is 0 Å². The molecule has 7 heteroatoms. The minimum Gasteiger partial charge on any atom is -0.368 e. The highest BCUT2D eigenvalue weighted by Crippen LogP contribution is 2.28. The summed E-state index contributed by atoms with van der Waals surface area (Å²) in [6.45, 7) is 0. The van der Waals surface area contributed by atoms with E-state index in [0.717, 1.165) is 18.1 Å². The summed E-state index contributed by atoms with van der Waals surface area (Å²) >= 11 is 1.97. The number of hydrogen-bond acceptors (Lipinski definition) is 7. The maximum absolute atomic E-state index is 5.71. The van der Waals surface area contributed by atoms with Crippen LogP contribution in [0.3, 0.4) is 0 Å². The van der Waals surface area contributed by atoms with Crippen molar-refractivity contribution in [1.29, 1.82) is 0 Å². The third-order valence-electron chi connectivity index (χ3n) is 3.38. The smallest absolute Gasteiger partial charge is 0.231 e. The second kappa shape index (κ2) is 6.27. The quantitative estimate of drug-likeness (QED) is 0.868. The van der Waals surface area contributed by atoms with Crippen molar-refractivity contribution in [3.63, 3.8) is 0 Å². The van der Waals surface area contributed by atoms with Crippen molar-refractivity contribution >= 4 is 29.6 Å². The van der Waals surface area contributed by atoms with E-state index in [1.165, 1.54) is 12.8 Å². The summed E-state index contributed by atoms with van der Waals surface area (Å²) < 4.78 is 0. The number of nitrogens with two attached hydrogens (primary N) is 1. The van der Waals surface area contributed by atoms with Crippen LogP contribution in [0.5, 0.6) is 0 Å². The van der Waals surface area contributed by atoms with Crippen molar-refractivity contribution in [3.05, 3.63) is 0 Å². The van der Waals surface area contributed by atoms with Gasteiger partial charge in [-0.1, -0.05) is 0 Å². The van der Waals surface area contributed by atoms with Gasteiger partial charge in [-0.05, 0) is 31.9 Å². The third kappa shape index (κ3) is 3.86. The van der Waals surface area contributed by atoms with E-state index >= 15 is 0 Å². The fourth-order valence-electron chi connectivity index (χ4n) is 2.27. The van der Waals surface area contributed by atoms with E-state index in [1.54, 1.807) is 0 Å². The van der Waals surface area contributed by atoms with Gasteiger partial charge in [0.1, 0.15) is 0 Å². The fraction of sp³-hybridized carbons (Fsp3) is 0.750. The van der Waals surface area contributed by atoms with Crippen LogP contribution in [0.4, 0.5) is 17.8 Å². The van der Waals surface area contributed by atoms with E-state index in [2.05, 4.69) is 26.5 Å². The highest BCUT2D eigenvalue weighted by atomic mass is 32.2. The molecule has 0 atom stereocenters. The Hall–Kier alpha value is -1.24. The van der Waals surface area contributed by atoms with E-state index in [0.29, 0.717) is 17.9 Å². The first-order valence-electron chi connectivity index (χ1n) is 6.56. The molecule has 1 heterocycles. The molecular weight excluding hydrogens is 260 g/mol. The topological polar surface area (TPSA) is 80.0 Å². The summed E-state index contributed by atoms with van der Waals surface area (Å²) in [6.07, 6.45) is 7.01. The van der Waals surface area contributed by atoms with Gasteiger partial charge < -0.3 is 16.0 Å². The first-order chi connectivity index (χ1) is 9.08. The molecule has 0 spiro atoms. The van der Waals surface area contributed by atoms with E-state index in [-0.39, 0.29) is 5.95 Å². The minimum atomic E-state index is 0.263. The van der Waals surface area contributed by atoms with Crippen LogP contribution in [0.1, 0.15) is 25.7 Å². The molecule has 6 nitrogen and oxygen atoms in total. The van der Waals surface area contributed by atoms with Gasteiger partial charge in [-0.15, -0.1) is 0 Å². The number of nitrogens with one attached hydrogen (secondary N) is 1. The van der Waals surface area contributed by atoms with Crippen LogP contribution in [0.15, 0.2) is 0 Å². The zero-order valence-electron chi connectivity index (χ0n) is 11.8. The van der Waals surface area contributed by atoms with Gasteiger partial charge in [0, 0.05) is 25.4 Å². The summed E-state index contributed by atoms with van der Waals surface area (Å²) in [7, 11) is 3.78. The molecule has 1 fully saturated rings. The molecule has 0 amide bonds. The van der Waals surface area contributed by atoms with Crippen molar-refractivity contribution < 1.29 is 0 Å². The molecule has 1 saturated carbocycles. The number of hydrogen-bond donors (Lipinski definition) is 2. The molecule has 1 aromatic heterocycles. The molecule has 0 aliphatic heterocycles. The number of anilines is 3. The Morgan fingerprint density at radius 3 is 2.42 bits per heavy atom. The first-order valence-corrected chi connectivity index (χ1v) is 7.85. The molecule has 0 saturated heterocycles. The molecule has 1 aliphatic carbocycles. The van der Waals surface area contributed by atoms with Crippen molar-refractivity contribution in [1.82, 2.24) is 15.0 Å².